The van der Waals surface area contributed by atoms with Gasteiger partial charge in [0.25, 0.3) is 5.89 Å². The van der Waals surface area contributed by atoms with Gasteiger partial charge in [-0.15, -0.1) is 0 Å². The predicted molar refractivity (Wildman–Crippen MR) is 116 cm³/mol. The zero-order valence-corrected chi connectivity index (χ0v) is 17.6. The normalized spacial score (nSPS) is 11.6. The van der Waals surface area contributed by atoms with E-state index in [2.05, 4.69) is 16.2 Å². The summed E-state index contributed by atoms with van der Waals surface area (Å²) in [5.74, 6) is 1.42. The predicted octanol–water partition coefficient (Wildman–Crippen LogP) is 2.87. The Bertz CT molecular complexity index is 1310. The number of furan rings is 1. The molecular formula is C23H22N4O5. The highest BCUT2D eigenvalue weighted by Gasteiger charge is 2.30. The first-order valence-corrected chi connectivity index (χ1v) is 9.99. The summed E-state index contributed by atoms with van der Waals surface area (Å²) in [5, 5.41) is 33.3. The van der Waals surface area contributed by atoms with Crippen LogP contribution in [0.4, 0.5) is 0 Å². The van der Waals surface area contributed by atoms with Gasteiger partial charge in [-0.25, -0.2) is 0 Å². The minimum Gasteiger partial charge on any atom is -0.492 e. The molecule has 0 aliphatic carbocycles. The fraction of sp³-hybridized carbons (Fsp3) is 0.261. The van der Waals surface area contributed by atoms with E-state index in [9.17, 15) is 15.5 Å². The standard InChI is InChI=1S/C23H22N4O5/c1-3-30-18-5-4-14(7-16(18)10-24)22-26-21(27-32-22)17-8-15-9-20(23(25,11-28)12-29)31-19(15)6-13(17)2/h4-9,28-29H,3,11-12,25H2,1-2H3. The molecule has 0 saturated carbocycles. The first-order valence-electron chi connectivity index (χ1n) is 9.99. The molecule has 0 radical (unpaired) electrons. The molecule has 2 aromatic carbocycles. The van der Waals surface area contributed by atoms with E-state index in [1.807, 2.05) is 26.0 Å². The monoisotopic (exact) mass is 434 g/mol. The van der Waals surface area contributed by atoms with Crippen LogP contribution < -0.4 is 10.5 Å². The van der Waals surface area contributed by atoms with Gasteiger partial charge in [-0.2, -0.15) is 10.2 Å². The second-order valence-electron chi connectivity index (χ2n) is 7.47. The van der Waals surface area contributed by atoms with Crippen molar-refractivity contribution in [2.75, 3.05) is 19.8 Å². The number of nitriles is 1. The number of hydrogen-bond donors (Lipinski definition) is 3. The van der Waals surface area contributed by atoms with Crippen molar-refractivity contribution in [2.24, 2.45) is 5.73 Å². The molecule has 2 aromatic heterocycles. The zero-order chi connectivity index (χ0) is 22.9. The minimum absolute atomic E-state index is 0.272. The Morgan fingerprint density at radius 3 is 2.66 bits per heavy atom. The molecule has 32 heavy (non-hydrogen) atoms. The van der Waals surface area contributed by atoms with E-state index in [-0.39, 0.29) is 11.7 Å². The van der Waals surface area contributed by atoms with Crippen LogP contribution in [0.3, 0.4) is 0 Å². The van der Waals surface area contributed by atoms with E-state index in [1.165, 1.54) is 0 Å². The van der Waals surface area contributed by atoms with Crippen LogP contribution in [0, 0.1) is 18.3 Å². The smallest absolute Gasteiger partial charge is 0.258 e. The van der Waals surface area contributed by atoms with Crippen molar-refractivity contribution in [2.45, 2.75) is 19.4 Å². The summed E-state index contributed by atoms with van der Waals surface area (Å²) in [4.78, 5) is 4.49. The van der Waals surface area contributed by atoms with Crippen molar-refractivity contribution < 1.29 is 23.9 Å². The van der Waals surface area contributed by atoms with Gasteiger partial charge in [0.05, 0.1) is 25.4 Å². The highest BCUT2D eigenvalue weighted by Crippen LogP contribution is 2.33. The van der Waals surface area contributed by atoms with Gasteiger partial charge in [0.15, 0.2) is 0 Å². The third-order valence-electron chi connectivity index (χ3n) is 5.23. The van der Waals surface area contributed by atoms with Crippen molar-refractivity contribution in [1.82, 2.24) is 10.1 Å². The van der Waals surface area contributed by atoms with E-state index < -0.39 is 18.8 Å². The molecular weight excluding hydrogens is 412 g/mol. The highest BCUT2D eigenvalue weighted by atomic mass is 16.5. The Morgan fingerprint density at radius 1 is 1.19 bits per heavy atom. The summed E-state index contributed by atoms with van der Waals surface area (Å²) >= 11 is 0. The Balaban J connectivity index is 1.72. The molecule has 0 unspecified atom stereocenters. The van der Waals surface area contributed by atoms with Crippen LogP contribution in [0.2, 0.25) is 0 Å². The maximum atomic E-state index is 9.54. The van der Waals surface area contributed by atoms with Crippen LogP contribution in [-0.2, 0) is 5.54 Å². The van der Waals surface area contributed by atoms with E-state index in [1.54, 1.807) is 24.3 Å². The summed E-state index contributed by atoms with van der Waals surface area (Å²) in [6.45, 7) is 3.26. The van der Waals surface area contributed by atoms with Gasteiger partial charge >= 0.3 is 0 Å². The Labute approximate surface area is 183 Å². The molecule has 0 aliphatic rings. The summed E-state index contributed by atoms with van der Waals surface area (Å²) in [6.07, 6.45) is 0. The van der Waals surface area contributed by atoms with Crippen molar-refractivity contribution in [3.63, 3.8) is 0 Å². The molecule has 2 heterocycles. The summed E-state index contributed by atoms with van der Waals surface area (Å²) < 4.78 is 16.7. The second kappa shape index (κ2) is 8.43. The van der Waals surface area contributed by atoms with Crippen molar-refractivity contribution in [3.8, 4) is 34.7 Å². The number of aromatic nitrogens is 2. The molecule has 0 aliphatic heterocycles. The fourth-order valence-corrected chi connectivity index (χ4v) is 3.36. The van der Waals surface area contributed by atoms with Crippen molar-refractivity contribution in [1.29, 1.82) is 5.26 Å². The van der Waals surface area contributed by atoms with Crippen LogP contribution in [0.5, 0.6) is 5.75 Å². The van der Waals surface area contributed by atoms with Gasteiger partial charge in [0, 0.05) is 16.5 Å². The van der Waals surface area contributed by atoms with Gasteiger partial charge < -0.3 is 29.6 Å². The van der Waals surface area contributed by atoms with Gasteiger partial charge in [-0.3, -0.25) is 0 Å². The summed E-state index contributed by atoms with van der Waals surface area (Å²) in [5.41, 5.74) is 7.76. The fourth-order valence-electron chi connectivity index (χ4n) is 3.36. The number of nitrogens with zero attached hydrogens (tertiary/aromatic N) is 3. The second-order valence-corrected chi connectivity index (χ2v) is 7.47. The van der Waals surface area contributed by atoms with Crippen LogP contribution in [0.25, 0.3) is 33.8 Å². The Hall–Kier alpha value is -3.71. The molecule has 4 rings (SSSR count). The third kappa shape index (κ3) is 3.71. The zero-order valence-electron chi connectivity index (χ0n) is 17.6. The summed E-state index contributed by atoms with van der Waals surface area (Å²) in [6, 6.07) is 12.5. The number of aryl methyl sites for hydroxylation is 1. The third-order valence-corrected chi connectivity index (χ3v) is 5.23. The molecule has 0 spiro atoms. The number of benzene rings is 2. The van der Waals surface area contributed by atoms with E-state index in [4.69, 9.17) is 19.4 Å². The van der Waals surface area contributed by atoms with Gasteiger partial charge in [0.2, 0.25) is 5.82 Å². The molecule has 0 amide bonds. The maximum absolute atomic E-state index is 9.54. The number of hydrogen-bond acceptors (Lipinski definition) is 9. The maximum Gasteiger partial charge on any atom is 0.258 e. The average molecular weight is 434 g/mol. The van der Waals surface area contributed by atoms with E-state index >= 15 is 0 Å². The molecule has 9 nitrogen and oxygen atoms in total. The van der Waals surface area contributed by atoms with Crippen molar-refractivity contribution >= 4 is 11.0 Å². The first kappa shape index (κ1) is 21.5. The van der Waals surface area contributed by atoms with Gasteiger partial charge in [-0.05, 0) is 55.8 Å². The van der Waals surface area contributed by atoms with Crippen molar-refractivity contribution in [3.05, 3.63) is 53.3 Å². The van der Waals surface area contributed by atoms with Gasteiger partial charge in [-0.1, -0.05) is 5.16 Å². The largest absolute Gasteiger partial charge is 0.492 e. The Morgan fingerprint density at radius 2 is 1.97 bits per heavy atom. The number of rotatable bonds is 7. The first-order chi connectivity index (χ1) is 15.4. The highest BCUT2D eigenvalue weighted by molar-refractivity contribution is 5.85. The number of nitrogens with two attached hydrogens (primary N) is 1. The molecule has 0 atom stereocenters. The topological polar surface area (TPSA) is 152 Å². The van der Waals surface area contributed by atoms with Crippen LogP contribution in [0.15, 0.2) is 45.3 Å². The number of ether oxygens (including phenoxy) is 1. The molecule has 164 valence electrons. The lowest BCUT2D eigenvalue weighted by Gasteiger charge is -2.21. The Kier molecular flexibility index (Phi) is 5.67. The molecule has 0 fully saturated rings. The number of aliphatic hydroxyl groups excluding tert-OH is 2. The molecule has 4 aromatic rings. The van der Waals surface area contributed by atoms with E-state index in [0.717, 1.165) is 16.5 Å². The SMILES string of the molecule is CCOc1ccc(-c2nc(-c3cc4cc(C(N)(CO)CO)oc4cc3C)no2)cc1C#N. The van der Waals surface area contributed by atoms with Gasteiger partial charge in [0.1, 0.15) is 28.7 Å². The lowest BCUT2D eigenvalue weighted by atomic mass is 9.99. The average Bonchev–Trinajstić information content (AvgIpc) is 3.45. The number of aliphatic hydroxyl groups is 2. The quantitative estimate of drug-likeness (QED) is 0.398. The molecule has 0 bridgehead atoms. The summed E-state index contributed by atoms with van der Waals surface area (Å²) in [7, 11) is 0. The lowest BCUT2D eigenvalue weighted by Crippen LogP contribution is -2.43. The molecule has 9 heteroatoms. The molecule has 4 N–H and O–H groups in total. The lowest BCUT2D eigenvalue weighted by molar-refractivity contribution is 0.105. The van der Waals surface area contributed by atoms with Crippen LogP contribution in [-0.4, -0.2) is 40.2 Å². The van der Waals surface area contributed by atoms with Crippen LogP contribution >= 0.6 is 0 Å². The minimum atomic E-state index is -1.38. The van der Waals surface area contributed by atoms with Crippen LogP contribution in [0.1, 0.15) is 23.8 Å². The van der Waals surface area contributed by atoms with E-state index in [0.29, 0.717) is 34.9 Å². The number of fused-ring (bicyclic) bond motifs is 1. The molecule has 0 saturated heterocycles.